The van der Waals surface area contributed by atoms with Crippen molar-refractivity contribution in [1.29, 1.82) is 0 Å². The third-order valence-corrected chi connectivity index (χ3v) is 3.40. The first kappa shape index (κ1) is 13.7. The maximum absolute atomic E-state index is 9.28. The minimum Gasteiger partial charge on any atom is -0.508 e. The summed E-state index contributed by atoms with van der Waals surface area (Å²) >= 11 is 0. The Hall–Kier alpha value is -1.74. The van der Waals surface area contributed by atoms with Gasteiger partial charge in [-0.25, -0.2) is 0 Å². The zero-order valence-electron chi connectivity index (χ0n) is 11.6. The highest BCUT2D eigenvalue weighted by atomic mass is 16.3. The molecule has 3 heteroatoms. The first-order valence-corrected chi connectivity index (χ1v) is 6.83. The summed E-state index contributed by atoms with van der Waals surface area (Å²) < 4.78 is 2.18. The van der Waals surface area contributed by atoms with Crippen LogP contribution in [0.25, 0.3) is 0 Å². The van der Waals surface area contributed by atoms with Crippen molar-refractivity contribution in [3.63, 3.8) is 0 Å². The fourth-order valence-electron chi connectivity index (χ4n) is 2.34. The van der Waals surface area contributed by atoms with E-state index in [0.717, 1.165) is 13.0 Å². The highest BCUT2D eigenvalue weighted by Gasteiger charge is 2.09. The molecule has 1 heterocycles. The Kier molecular flexibility index (Phi) is 4.63. The second-order valence-electron chi connectivity index (χ2n) is 4.91. The molecule has 3 nitrogen and oxygen atoms in total. The zero-order chi connectivity index (χ0) is 13.7. The quantitative estimate of drug-likeness (QED) is 0.834. The summed E-state index contributed by atoms with van der Waals surface area (Å²) in [6, 6.07) is 9.98. The van der Waals surface area contributed by atoms with E-state index in [1.54, 1.807) is 12.1 Å². The van der Waals surface area contributed by atoms with E-state index in [0.29, 0.717) is 11.8 Å². The highest BCUT2D eigenvalue weighted by Crippen LogP contribution is 2.19. The van der Waals surface area contributed by atoms with Gasteiger partial charge >= 0.3 is 0 Å². The van der Waals surface area contributed by atoms with Gasteiger partial charge in [0.25, 0.3) is 0 Å². The van der Waals surface area contributed by atoms with E-state index < -0.39 is 0 Å². The minimum absolute atomic E-state index is 0.315. The van der Waals surface area contributed by atoms with E-state index in [9.17, 15) is 5.11 Å². The van der Waals surface area contributed by atoms with E-state index in [1.165, 1.54) is 17.5 Å². The Morgan fingerprint density at radius 1 is 1.21 bits per heavy atom. The average molecular weight is 258 g/mol. The fraction of sp³-hybridized carbons (Fsp3) is 0.375. The molecule has 1 aromatic carbocycles. The van der Waals surface area contributed by atoms with Crippen molar-refractivity contribution in [2.75, 3.05) is 7.05 Å². The average Bonchev–Trinajstić information content (AvgIpc) is 2.87. The van der Waals surface area contributed by atoms with E-state index in [1.807, 2.05) is 19.2 Å². The summed E-state index contributed by atoms with van der Waals surface area (Å²) in [6.07, 6.45) is 6.64. The molecule has 0 amide bonds. The second-order valence-corrected chi connectivity index (χ2v) is 4.91. The van der Waals surface area contributed by atoms with Crippen LogP contribution in [-0.2, 0) is 6.54 Å². The molecule has 0 saturated heterocycles. The highest BCUT2D eigenvalue weighted by molar-refractivity contribution is 5.26. The smallest absolute Gasteiger partial charge is 0.115 e. The molecule has 0 saturated carbocycles. The van der Waals surface area contributed by atoms with E-state index >= 15 is 0 Å². The number of nitrogens with one attached hydrogen (secondary N) is 1. The molecule has 2 N–H and O–H groups in total. The molecule has 2 aromatic rings. The van der Waals surface area contributed by atoms with Crippen LogP contribution in [0.2, 0.25) is 0 Å². The number of rotatable bonds is 6. The molecule has 19 heavy (non-hydrogen) atoms. The molecular formula is C16H22N2O. The molecule has 0 spiro atoms. The van der Waals surface area contributed by atoms with Crippen LogP contribution < -0.4 is 5.32 Å². The summed E-state index contributed by atoms with van der Waals surface area (Å²) in [7, 11) is 2.01. The first-order chi connectivity index (χ1) is 9.22. The van der Waals surface area contributed by atoms with Crippen LogP contribution >= 0.6 is 0 Å². The van der Waals surface area contributed by atoms with Gasteiger partial charge in [0, 0.05) is 25.0 Å². The van der Waals surface area contributed by atoms with Crippen LogP contribution in [0.3, 0.4) is 0 Å². The van der Waals surface area contributed by atoms with Gasteiger partial charge in [0.15, 0.2) is 0 Å². The molecule has 1 atom stereocenters. The maximum Gasteiger partial charge on any atom is 0.115 e. The monoisotopic (exact) mass is 258 g/mol. The van der Waals surface area contributed by atoms with Crippen LogP contribution in [-0.4, -0.2) is 16.7 Å². The Morgan fingerprint density at radius 2 is 1.95 bits per heavy atom. The molecule has 0 fully saturated rings. The molecule has 1 aromatic heterocycles. The van der Waals surface area contributed by atoms with Crippen molar-refractivity contribution in [3.05, 3.63) is 53.9 Å². The van der Waals surface area contributed by atoms with Crippen molar-refractivity contribution in [2.45, 2.75) is 32.4 Å². The molecule has 0 aliphatic heterocycles. The third kappa shape index (κ3) is 3.61. The molecular weight excluding hydrogens is 236 g/mol. The number of aromatic hydroxyl groups is 1. The predicted octanol–water partition coefficient (Wildman–Crippen LogP) is 3.30. The van der Waals surface area contributed by atoms with Gasteiger partial charge in [-0.3, -0.25) is 0 Å². The first-order valence-electron chi connectivity index (χ1n) is 6.83. The Balaban J connectivity index is 2.06. The normalized spacial score (nSPS) is 12.5. The van der Waals surface area contributed by atoms with Gasteiger partial charge in [0.1, 0.15) is 5.75 Å². The van der Waals surface area contributed by atoms with Crippen molar-refractivity contribution in [2.24, 2.45) is 0 Å². The Labute approximate surface area is 114 Å². The molecule has 0 radical (unpaired) electrons. The standard InChI is InChI=1S/C16H22N2O/c1-3-4-16(17-2)14-9-10-18(12-14)11-13-5-7-15(19)8-6-13/h5-10,12,16-17,19H,3-4,11H2,1-2H3. The largest absolute Gasteiger partial charge is 0.508 e. The fourth-order valence-corrected chi connectivity index (χ4v) is 2.34. The Morgan fingerprint density at radius 3 is 2.58 bits per heavy atom. The maximum atomic E-state index is 9.28. The van der Waals surface area contributed by atoms with Crippen LogP contribution in [0.1, 0.15) is 36.9 Å². The minimum atomic E-state index is 0.315. The van der Waals surface area contributed by atoms with Crippen LogP contribution in [0.5, 0.6) is 5.75 Å². The summed E-state index contributed by atoms with van der Waals surface area (Å²) in [6.45, 7) is 3.04. The van der Waals surface area contributed by atoms with Gasteiger partial charge in [0.2, 0.25) is 0 Å². The van der Waals surface area contributed by atoms with Crippen LogP contribution in [0.15, 0.2) is 42.7 Å². The van der Waals surface area contributed by atoms with Crippen molar-refractivity contribution < 1.29 is 5.11 Å². The lowest BCUT2D eigenvalue weighted by atomic mass is 10.1. The SMILES string of the molecule is CCCC(NC)c1ccn(Cc2ccc(O)cc2)c1. The number of benzene rings is 1. The van der Waals surface area contributed by atoms with E-state index in [2.05, 4.69) is 35.3 Å². The number of phenolic OH excluding ortho intramolecular Hbond substituents is 1. The van der Waals surface area contributed by atoms with E-state index in [-0.39, 0.29) is 0 Å². The second kappa shape index (κ2) is 6.43. The zero-order valence-corrected chi connectivity index (χ0v) is 11.6. The van der Waals surface area contributed by atoms with Crippen molar-refractivity contribution in [1.82, 2.24) is 9.88 Å². The van der Waals surface area contributed by atoms with Crippen molar-refractivity contribution in [3.8, 4) is 5.75 Å². The number of phenols is 1. The van der Waals surface area contributed by atoms with Gasteiger partial charge in [-0.1, -0.05) is 25.5 Å². The van der Waals surface area contributed by atoms with Crippen LogP contribution in [0.4, 0.5) is 0 Å². The van der Waals surface area contributed by atoms with Gasteiger partial charge < -0.3 is 15.0 Å². The summed E-state index contributed by atoms with van der Waals surface area (Å²) in [5, 5.41) is 12.6. The Bertz CT molecular complexity index is 502. The van der Waals surface area contributed by atoms with Crippen LogP contribution in [0, 0.1) is 0 Å². The molecule has 102 valence electrons. The van der Waals surface area contributed by atoms with Gasteiger partial charge in [-0.15, -0.1) is 0 Å². The molecule has 1 unspecified atom stereocenters. The number of hydrogen-bond donors (Lipinski definition) is 2. The number of hydrogen-bond acceptors (Lipinski definition) is 2. The predicted molar refractivity (Wildman–Crippen MR) is 78.3 cm³/mol. The van der Waals surface area contributed by atoms with Gasteiger partial charge in [-0.05, 0) is 42.8 Å². The molecule has 0 aliphatic carbocycles. The molecule has 2 rings (SSSR count). The van der Waals surface area contributed by atoms with Crippen molar-refractivity contribution >= 4 is 0 Å². The summed E-state index contributed by atoms with van der Waals surface area (Å²) in [5.74, 6) is 0.315. The topological polar surface area (TPSA) is 37.2 Å². The lowest BCUT2D eigenvalue weighted by Crippen LogP contribution is -2.15. The van der Waals surface area contributed by atoms with Gasteiger partial charge in [0.05, 0.1) is 0 Å². The lowest BCUT2D eigenvalue weighted by molar-refractivity contribution is 0.475. The molecule has 0 bridgehead atoms. The van der Waals surface area contributed by atoms with E-state index in [4.69, 9.17) is 0 Å². The molecule has 0 aliphatic rings. The lowest BCUT2D eigenvalue weighted by Gasteiger charge is -2.13. The number of aromatic nitrogens is 1. The summed E-state index contributed by atoms with van der Waals surface area (Å²) in [4.78, 5) is 0. The van der Waals surface area contributed by atoms with Gasteiger partial charge in [-0.2, -0.15) is 0 Å². The third-order valence-electron chi connectivity index (χ3n) is 3.40. The number of nitrogens with zero attached hydrogens (tertiary/aromatic N) is 1. The summed E-state index contributed by atoms with van der Waals surface area (Å²) in [5.41, 5.74) is 2.53.